The van der Waals surface area contributed by atoms with Gasteiger partial charge in [-0.2, -0.15) is 5.10 Å². The fraction of sp³-hybridized carbons (Fsp3) is 0.571. The number of hydrogen-bond donors (Lipinski definition) is 3. The molecule has 0 spiro atoms. The van der Waals surface area contributed by atoms with Crippen molar-refractivity contribution in [2.45, 2.75) is 125 Å². The van der Waals surface area contributed by atoms with Crippen molar-refractivity contribution >= 4 is 44.6 Å². The second-order valence-corrected chi connectivity index (χ2v) is 19.2. The molecule has 3 N–H and O–H groups in total. The van der Waals surface area contributed by atoms with Gasteiger partial charge in [-0.3, -0.25) is 28.6 Å². The van der Waals surface area contributed by atoms with Crippen LogP contribution < -0.4 is 29.6 Å². The molecule has 4 amide bonds. The van der Waals surface area contributed by atoms with Crippen molar-refractivity contribution in [1.29, 1.82) is 0 Å². The average Bonchev–Trinajstić information content (AvgIpc) is 3.99. The second-order valence-electron chi connectivity index (χ2n) is 17.0. The van der Waals surface area contributed by atoms with Gasteiger partial charge in [-0.25, -0.2) is 13.4 Å². The summed E-state index contributed by atoms with van der Waals surface area (Å²) in [6.07, 6.45) is 12.0. The van der Waals surface area contributed by atoms with Crippen LogP contribution in [-0.4, -0.2) is 99.9 Å². The number of fused-ring (bicyclic) bond motifs is 3. The molecule has 16 nitrogen and oxygen atoms in total. The molecule has 4 fully saturated rings. The van der Waals surface area contributed by atoms with E-state index in [-0.39, 0.29) is 31.2 Å². The lowest BCUT2D eigenvalue weighted by atomic mass is 9.96. The lowest BCUT2D eigenvalue weighted by Gasteiger charge is -2.30. The standard InChI is InChI=1S/C42H53N7O9S/c1-25-33(56-4)16-15-29-34(22-35(44-36(25)29)58-27-12-10-13-27)57-28-21-32-38(51)45-42(40(53)47-59(54,55)41(2)18-19-41)23-26(42)11-8-6-5-7-9-14-31(39(52)49(32)24-28)43-37(50)30-17-20-48(3)46-30/h8,11,15-17,20,22,26-28,31-32H,5-7,9-10,12-14,18-19,21,23-24H2,1-4H3,(H,43,50)(H,45,51)(H,47,53)/t26-,28-,31+,32+,42-/m1/s1. The van der Waals surface area contributed by atoms with E-state index >= 15 is 0 Å². The quantitative estimate of drug-likeness (QED) is 0.252. The molecule has 5 aliphatic rings. The minimum absolute atomic E-state index is 0.0140. The van der Waals surface area contributed by atoms with Gasteiger partial charge < -0.3 is 29.7 Å². The molecule has 59 heavy (non-hydrogen) atoms. The summed E-state index contributed by atoms with van der Waals surface area (Å²) < 4.78 is 47.8. The van der Waals surface area contributed by atoms with Crippen LogP contribution in [0.25, 0.3) is 10.9 Å². The molecule has 0 unspecified atom stereocenters. The molecule has 3 aromatic rings. The van der Waals surface area contributed by atoms with Crippen molar-refractivity contribution in [1.82, 2.24) is 35.0 Å². The molecule has 1 aromatic carbocycles. The number of nitrogens with zero attached hydrogens (tertiary/aromatic N) is 4. The largest absolute Gasteiger partial charge is 0.496 e. The first-order chi connectivity index (χ1) is 28.2. The number of ether oxygens (including phenoxy) is 3. The molecule has 4 heterocycles. The molecule has 8 rings (SSSR count). The van der Waals surface area contributed by atoms with Crippen LogP contribution in [0.15, 0.2) is 42.6 Å². The van der Waals surface area contributed by atoms with Crippen LogP contribution >= 0.6 is 0 Å². The zero-order valence-corrected chi connectivity index (χ0v) is 34.8. The molecular formula is C42H53N7O9S. The van der Waals surface area contributed by atoms with Gasteiger partial charge in [0.15, 0.2) is 0 Å². The van der Waals surface area contributed by atoms with Crippen LogP contribution in [0.4, 0.5) is 0 Å². The summed E-state index contributed by atoms with van der Waals surface area (Å²) in [5, 5.41) is 10.7. The van der Waals surface area contributed by atoms with E-state index in [9.17, 15) is 27.6 Å². The molecule has 2 aromatic heterocycles. The highest BCUT2D eigenvalue weighted by Crippen LogP contribution is 2.48. The Bertz CT molecular complexity index is 2300. The van der Waals surface area contributed by atoms with E-state index in [0.717, 1.165) is 37.7 Å². The maximum Gasteiger partial charge on any atom is 0.272 e. The number of aromatic nitrogens is 3. The first kappa shape index (κ1) is 40.6. The van der Waals surface area contributed by atoms with E-state index in [0.29, 0.717) is 60.4 Å². The number of nitrogens with one attached hydrogen (secondary N) is 3. The third-order valence-electron chi connectivity index (χ3n) is 12.7. The summed E-state index contributed by atoms with van der Waals surface area (Å²) in [4.78, 5) is 63.1. The molecule has 1 saturated heterocycles. The number of sulfonamides is 1. The Hall–Kier alpha value is -5.19. The predicted octanol–water partition coefficient (Wildman–Crippen LogP) is 3.76. The van der Waals surface area contributed by atoms with E-state index in [1.807, 2.05) is 31.2 Å². The van der Waals surface area contributed by atoms with Gasteiger partial charge in [-0.1, -0.05) is 25.0 Å². The number of aryl methyl sites for hydroxylation is 2. The number of rotatable bonds is 10. The van der Waals surface area contributed by atoms with Crippen molar-refractivity contribution in [3.63, 3.8) is 0 Å². The third kappa shape index (κ3) is 8.09. The molecule has 3 saturated carbocycles. The fourth-order valence-electron chi connectivity index (χ4n) is 8.29. The van der Waals surface area contributed by atoms with Gasteiger partial charge in [0.05, 0.1) is 23.9 Å². The van der Waals surface area contributed by atoms with Crippen LogP contribution in [0.3, 0.4) is 0 Å². The molecular weight excluding hydrogens is 779 g/mol. The minimum Gasteiger partial charge on any atom is -0.496 e. The highest BCUT2D eigenvalue weighted by Gasteiger charge is 2.63. The molecule has 316 valence electrons. The number of hydrogen-bond acceptors (Lipinski definition) is 11. The van der Waals surface area contributed by atoms with E-state index in [4.69, 9.17) is 19.2 Å². The Morgan fingerprint density at radius 2 is 1.80 bits per heavy atom. The Morgan fingerprint density at radius 1 is 1.00 bits per heavy atom. The monoisotopic (exact) mass is 831 g/mol. The lowest BCUT2D eigenvalue weighted by Crippen LogP contribution is -2.58. The Morgan fingerprint density at radius 3 is 2.49 bits per heavy atom. The normalized spacial score (nSPS) is 26.9. The Labute approximate surface area is 343 Å². The van der Waals surface area contributed by atoms with Gasteiger partial charge in [-0.15, -0.1) is 0 Å². The summed E-state index contributed by atoms with van der Waals surface area (Å²) >= 11 is 0. The Kier molecular flexibility index (Phi) is 10.8. The highest BCUT2D eigenvalue weighted by atomic mass is 32.2. The Balaban J connectivity index is 1.13. The van der Waals surface area contributed by atoms with E-state index < -0.39 is 68.0 Å². The van der Waals surface area contributed by atoms with Crippen LogP contribution in [0.2, 0.25) is 0 Å². The molecule has 5 atom stereocenters. The summed E-state index contributed by atoms with van der Waals surface area (Å²) in [5.41, 5.74) is 0.0459. The van der Waals surface area contributed by atoms with Gasteiger partial charge in [0.25, 0.3) is 11.8 Å². The van der Waals surface area contributed by atoms with Crippen LogP contribution in [0, 0.1) is 12.8 Å². The van der Waals surface area contributed by atoms with Crippen molar-refractivity contribution in [3.8, 4) is 17.4 Å². The number of carbonyl (C=O) groups excluding carboxylic acids is 4. The molecule has 2 aliphatic heterocycles. The van der Waals surface area contributed by atoms with Gasteiger partial charge in [-0.05, 0) is 89.8 Å². The first-order valence-electron chi connectivity index (χ1n) is 20.7. The van der Waals surface area contributed by atoms with E-state index in [1.54, 1.807) is 39.4 Å². The number of amides is 4. The number of pyridine rings is 1. The van der Waals surface area contributed by atoms with Crippen molar-refractivity contribution < 1.29 is 41.8 Å². The zero-order chi connectivity index (χ0) is 41.7. The van der Waals surface area contributed by atoms with Crippen LogP contribution in [0.1, 0.15) is 100 Å². The number of methoxy groups -OCH3 is 1. The predicted molar refractivity (Wildman–Crippen MR) is 216 cm³/mol. The van der Waals surface area contributed by atoms with Crippen LogP contribution in [-0.2, 0) is 31.5 Å². The highest BCUT2D eigenvalue weighted by molar-refractivity contribution is 7.91. The molecule has 17 heteroatoms. The summed E-state index contributed by atoms with van der Waals surface area (Å²) in [5.74, 6) is -1.36. The SMILES string of the molecule is COc1ccc2c(O[C@@H]3C[C@H]4C(=O)N[C@]5(C(=O)NS(=O)(=O)C6(C)CC6)C[C@H]5C=CCCCCC[C@H](NC(=O)c5ccn(C)n5)C(=O)N4C3)cc(OC3CCC3)nc2c1C. The number of carbonyl (C=O) groups is 4. The summed E-state index contributed by atoms with van der Waals surface area (Å²) in [6, 6.07) is 4.87. The maximum absolute atomic E-state index is 14.8. The number of benzene rings is 1. The van der Waals surface area contributed by atoms with Gasteiger partial charge >= 0.3 is 0 Å². The topological polar surface area (TPSA) is 200 Å². The van der Waals surface area contributed by atoms with Crippen molar-refractivity contribution in [2.24, 2.45) is 13.0 Å². The van der Waals surface area contributed by atoms with Gasteiger partial charge in [0.1, 0.15) is 47.0 Å². The number of allylic oxidation sites excluding steroid dienone is 1. The molecule has 3 aliphatic carbocycles. The first-order valence-corrected chi connectivity index (χ1v) is 22.2. The summed E-state index contributed by atoms with van der Waals surface area (Å²) in [7, 11) is -0.719. The molecule has 0 radical (unpaired) electrons. The average molecular weight is 832 g/mol. The fourth-order valence-corrected chi connectivity index (χ4v) is 9.60. The van der Waals surface area contributed by atoms with Crippen LogP contribution in [0.5, 0.6) is 17.4 Å². The van der Waals surface area contributed by atoms with Crippen molar-refractivity contribution in [3.05, 3.63) is 53.9 Å². The van der Waals surface area contributed by atoms with E-state index in [2.05, 4.69) is 20.5 Å². The minimum atomic E-state index is -4.00. The maximum atomic E-state index is 14.8. The van der Waals surface area contributed by atoms with Gasteiger partial charge in [0, 0.05) is 42.6 Å². The molecule has 0 bridgehead atoms. The second kappa shape index (κ2) is 15.8. The third-order valence-corrected chi connectivity index (χ3v) is 14.9. The lowest BCUT2D eigenvalue weighted by molar-refractivity contribution is -0.141. The van der Waals surface area contributed by atoms with Crippen molar-refractivity contribution in [2.75, 3.05) is 13.7 Å². The van der Waals surface area contributed by atoms with Gasteiger partial charge in [0.2, 0.25) is 27.7 Å². The van der Waals surface area contributed by atoms with E-state index in [1.165, 1.54) is 9.58 Å². The smallest absolute Gasteiger partial charge is 0.272 e. The summed E-state index contributed by atoms with van der Waals surface area (Å²) in [6.45, 7) is 3.49. The zero-order valence-electron chi connectivity index (χ0n) is 34.0.